The van der Waals surface area contributed by atoms with Crippen molar-refractivity contribution >= 4 is 0 Å². The summed E-state index contributed by atoms with van der Waals surface area (Å²) in [5, 5.41) is 101. The largest absolute Gasteiger partial charge is 4.00 e. The van der Waals surface area contributed by atoms with Crippen molar-refractivity contribution in [1.82, 2.24) is 19.6 Å². The van der Waals surface area contributed by atoms with Gasteiger partial charge >= 0.3 is 68.3 Å². The van der Waals surface area contributed by atoms with E-state index >= 15 is 0 Å². The quantitative estimate of drug-likeness (QED) is 0.0331. The van der Waals surface area contributed by atoms with Gasteiger partial charge in [-0.1, -0.05) is 172 Å². The molecule has 98 heavy (non-hydrogen) atoms. The molecule has 2 aliphatic carbocycles. The minimum atomic E-state index is -1.17. The molecular weight excluding hydrogens is 1420 g/mol. The predicted octanol–water partition coefficient (Wildman–Crippen LogP) is 9.71. The molecular formula is C72H140Fe4N12O10+8. The van der Waals surface area contributed by atoms with E-state index in [4.69, 9.17) is 83.4 Å². The van der Waals surface area contributed by atoms with E-state index in [0.29, 0.717) is 48.3 Å². The first-order valence-corrected chi connectivity index (χ1v) is 37.6. The van der Waals surface area contributed by atoms with Crippen LogP contribution in [0.25, 0.3) is 42.5 Å². The molecule has 12 unspecified atom stereocenters. The normalized spacial score (nSPS) is 28.6. The summed E-state index contributed by atoms with van der Waals surface area (Å²) in [5.41, 5.74) is 0. The number of nitrogens with zero attached hydrogens (tertiary/aromatic N) is 12. The van der Waals surface area contributed by atoms with E-state index in [9.17, 15) is 0 Å². The summed E-state index contributed by atoms with van der Waals surface area (Å²) in [7, 11) is 0. The molecule has 0 spiro atoms. The van der Waals surface area contributed by atoms with Gasteiger partial charge in [-0.15, -0.1) is 88.1 Å². The van der Waals surface area contributed by atoms with Gasteiger partial charge in [0.25, 0.3) is 0 Å². The number of aliphatic hydroxyl groups excluding tert-OH is 4. The van der Waals surface area contributed by atoms with Crippen LogP contribution >= 0.6 is 0 Å². The second-order valence-corrected chi connectivity index (χ2v) is 29.0. The van der Waals surface area contributed by atoms with Gasteiger partial charge in [-0.25, -0.2) is 0 Å². The van der Waals surface area contributed by atoms with Crippen molar-refractivity contribution in [2.24, 2.45) is 23.7 Å². The molecule has 12 atom stereocenters. The van der Waals surface area contributed by atoms with Crippen LogP contribution < -0.4 is 0 Å². The Bertz CT molecular complexity index is 1670. The number of aliphatic hydroxyl groups is 8. The Morgan fingerprint density at radius 3 is 0.663 bits per heavy atom. The van der Waals surface area contributed by atoms with Gasteiger partial charge in [0.1, 0.15) is 25.2 Å². The third kappa shape index (κ3) is 50.1. The van der Waals surface area contributed by atoms with Gasteiger partial charge in [0.15, 0.2) is 0 Å². The van der Waals surface area contributed by atoms with E-state index in [1.165, 1.54) is 279 Å². The molecule has 10 rings (SSSR count). The molecule has 0 aromatic carbocycles. The second kappa shape index (κ2) is 62.5. The standard InChI is InChI=1S/C32H58N6.C32H54N6.4C2H6O2.4Fe.2H2O/c2*1-5-16-33-29(12-1)23-37(24-30-13-2-6-17-34-30)21-27-10-9-11-28(20-27)22-38(25-31-14-3-7-18-35-31)26-32-15-4-8-19-36-32;4*1-2(3)4;;;;;;/h27-32H,1-26H2;1,5,12,16,27-32H,2-4,6-11,13-15,17-26H2;4*2-4H,1H3;;;;;2*1H2/q2*-4;;;;;4*+4;;. The Morgan fingerprint density at radius 2 is 0.490 bits per heavy atom. The van der Waals surface area contributed by atoms with Gasteiger partial charge in [-0.05, 0) is 142 Å². The van der Waals surface area contributed by atoms with Gasteiger partial charge in [0.2, 0.25) is 0 Å². The zero-order chi connectivity index (χ0) is 66.0. The average molecular weight is 1560 g/mol. The fraction of sp³-hybridized carbons (Fsp3) is 0.944. The fourth-order valence-corrected chi connectivity index (χ4v) is 15.8. The zero-order valence-electron chi connectivity index (χ0n) is 60.8. The molecule has 0 amide bonds. The van der Waals surface area contributed by atoms with Crippen molar-refractivity contribution in [1.29, 1.82) is 0 Å². The topological polar surface area (TPSA) is 351 Å². The van der Waals surface area contributed by atoms with Gasteiger partial charge < -0.3 is 114 Å². The van der Waals surface area contributed by atoms with Crippen LogP contribution in [0.5, 0.6) is 0 Å². The second-order valence-electron chi connectivity index (χ2n) is 29.0. The van der Waals surface area contributed by atoms with Crippen LogP contribution in [0.4, 0.5) is 0 Å². The van der Waals surface area contributed by atoms with E-state index < -0.39 is 25.2 Å². The molecule has 22 nitrogen and oxygen atoms in total. The molecule has 572 valence electrons. The van der Waals surface area contributed by atoms with Crippen molar-refractivity contribution < 1.29 is 120 Å². The summed E-state index contributed by atoms with van der Waals surface area (Å²) in [4.78, 5) is 11.2. The average Bonchev–Trinajstić information content (AvgIpc) is 0.963. The van der Waals surface area contributed by atoms with Crippen LogP contribution in [-0.2, 0) is 68.3 Å². The first-order chi connectivity index (χ1) is 44.5. The molecule has 0 radical (unpaired) electrons. The maximum atomic E-state index is 7.61. The third-order valence-corrected chi connectivity index (χ3v) is 19.7. The van der Waals surface area contributed by atoms with E-state index in [1.807, 2.05) is 6.20 Å². The summed E-state index contributed by atoms with van der Waals surface area (Å²) in [6.07, 6.45) is 42.8. The minimum absolute atomic E-state index is 0. The first kappa shape index (κ1) is 101. The Balaban J connectivity index is 0. The maximum absolute atomic E-state index is 7.61. The first-order valence-electron chi connectivity index (χ1n) is 37.6. The number of allylic oxidation sites excluding steroid dienone is 2. The van der Waals surface area contributed by atoms with Crippen molar-refractivity contribution in [3.05, 3.63) is 67.0 Å². The molecule has 0 bridgehead atoms. The minimum Gasteiger partial charge on any atom is -0.684 e. The SMILES string of the molecule is C1=C[N-]C(CN(CC2CCCC(CN(CC3CCCC[N-]3)CC3CCCC[N-]3)C2)CC2CCCC[N-]2)C=C1.C1CCC(CN(CC2CCCC(CN(CC3CCCC[N-]3)CC3CCCC[N-]3)C2)CC2CCCC[N-]2)[N-]C1.CC(O)O.CC(O)O.CC(O)O.CC(O)O.O.O.[Fe+4].[Fe+4].[Fe+4].[Fe+4]. The van der Waals surface area contributed by atoms with Crippen LogP contribution in [0, 0.1) is 23.7 Å². The van der Waals surface area contributed by atoms with E-state index in [-0.39, 0.29) is 79.2 Å². The summed E-state index contributed by atoms with van der Waals surface area (Å²) in [5.74, 6) is 3.33. The van der Waals surface area contributed by atoms with Crippen molar-refractivity contribution in [2.45, 2.75) is 287 Å². The monoisotopic (exact) mass is 1560 g/mol. The van der Waals surface area contributed by atoms with E-state index in [0.717, 1.165) is 82.6 Å². The number of rotatable bonds is 24. The molecule has 26 heteroatoms. The number of piperidine rings is 7. The zero-order valence-corrected chi connectivity index (χ0v) is 65.3. The summed E-state index contributed by atoms with van der Waals surface area (Å²) in [6, 6.07) is 4.23. The van der Waals surface area contributed by atoms with Crippen LogP contribution in [-0.4, -0.2) is 269 Å². The van der Waals surface area contributed by atoms with Gasteiger partial charge in [0.05, 0.1) is 0 Å². The van der Waals surface area contributed by atoms with Gasteiger partial charge in [-0.3, -0.25) is 0 Å². The maximum Gasteiger partial charge on any atom is 4.00 e. The van der Waals surface area contributed by atoms with Crippen LogP contribution in [0.15, 0.2) is 24.4 Å². The fourth-order valence-electron chi connectivity index (χ4n) is 15.8. The Hall–Kier alpha value is 0.518. The van der Waals surface area contributed by atoms with Crippen LogP contribution in [0.2, 0.25) is 0 Å². The van der Waals surface area contributed by atoms with Crippen LogP contribution in [0.1, 0.15) is 214 Å². The van der Waals surface area contributed by atoms with Crippen LogP contribution in [0.3, 0.4) is 0 Å². The van der Waals surface area contributed by atoms with Crippen molar-refractivity contribution in [2.75, 3.05) is 124 Å². The Morgan fingerprint density at radius 1 is 0.286 bits per heavy atom. The molecule has 0 aromatic rings. The molecule has 12 N–H and O–H groups in total. The smallest absolute Gasteiger partial charge is 0.684 e. The van der Waals surface area contributed by atoms with Crippen molar-refractivity contribution in [3.8, 4) is 0 Å². The molecule has 7 saturated heterocycles. The Labute approximate surface area is 637 Å². The summed E-state index contributed by atoms with van der Waals surface area (Å²) in [6.45, 7) is 27.0. The summed E-state index contributed by atoms with van der Waals surface area (Å²) < 4.78 is 0. The van der Waals surface area contributed by atoms with E-state index in [2.05, 4.69) is 37.8 Å². The van der Waals surface area contributed by atoms with E-state index in [1.54, 1.807) is 0 Å². The molecule has 2 saturated carbocycles. The molecule has 8 heterocycles. The molecule has 8 aliphatic heterocycles. The van der Waals surface area contributed by atoms with Crippen molar-refractivity contribution in [3.63, 3.8) is 0 Å². The molecule has 9 fully saturated rings. The predicted molar refractivity (Wildman–Crippen MR) is 386 cm³/mol. The van der Waals surface area contributed by atoms with Gasteiger partial charge in [-0.2, -0.15) is 6.20 Å². The third-order valence-electron chi connectivity index (χ3n) is 19.7. The Kier molecular flexibility index (Phi) is 64.2. The van der Waals surface area contributed by atoms with Gasteiger partial charge in [0, 0.05) is 26.2 Å². The number of hydrogen-bond acceptors (Lipinski definition) is 12. The molecule has 0 aromatic heterocycles. The number of hydrogen-bond donors (Lipinski definition) is 8. The molecule has 10 aliphatic rings. The summed E-state index contributed by atoms with van der Waals surface area (Å²) >= 11 is 0.